The second-order valence-electron chi connectivity index (χ2n) is 8.93. The van der Waals surface area contributed by atoms with Gasteiger partial charge < -0.3 is 14.2 Å². The van der Waals surface area contributed by atoms with Crippen LogP contribution < -0.4 is 24.4 Å². The molecule has 1 aliphatic rings. The third-order valence-corrected chi connectivity index (χ3v) is 7.52. The van der Waals surface area contributed by atoms with Gasteiger partial charge in [-0.3, -0.25) is 9.36 Å². The number of nitrogens with zero attached hydrogens (tertiary/aromatic N) is 2. The van der Waals surface area contributed by atoms with Crippen LogP contribution >= 0.6 is 11.3 Å². The molecule has 1 aromatic heterocycles. The Labute approximate surface area is 229 Å². The van der Waals surface area contributed by atoms with E-state index in [4.69, 9.17) is 19.2 Å². The minimum absolute atomic E-state index is 0.194. The van der Waals surface area contributed by atoms with E-state index in [1.165, 1.54) is 11.3 Å². The van der Waals surface area contributed by atoms with Crippen LogP contribution in [0.1, 0.15) is 35.2 Å². The van der Waals surface area contributed by atoms with Crippen molar-refractivity contribution in [3.05, 3.63) is 120 Å². The molecule has 1 atom stereocenters. The maximum Gasteiger partial charge on any atom is 0.338 e. The number of fused-ring (bicyclic) bond motifs is 1. The summed E-state index contributed by atoms with van der Waals surface area (Å²) in [6.45, 7) is 3.92. The van der Waals surface area contributed by atoms with Gasteiger partial charge in [0, 0.05) is 5.56 Å². The molecule has 7 nitrogen and oxygen atoms in total. The van der Waals surface area contributed by atoms with Crippen LogP contribution in [0.2, 0.25) is 0 Å². The fourth-order valence-corrected chi connectivity index (χ4v) is 5.62. The lowest BCUT2D eigenvalue weighted by Gasteiger charge is -2.26. The molecule has 0 fully saturated rings. The number of carbonyl (C=O) groups excluding carboxylic acids is 1. The van der Waals surface area contributed by atoms with Crippen molar-refractivity contribution in [2.45, 2.75) is 19.9 Å². The molecule has 0 saturated carbocycles. The maximum absolute atomic E-state index is 14.0. The zero-order chi connectivity index (χ0) is 27.5. The van der Waals surface area contributed by atoms with Crippen LogP contribution in [-0.4, -0.2) is 31.4 Å². The largest absolute Gasteiger partial charge is 0.497 e. The van der Waals surface area contributed by atoms with Crippen molar-refractivity contribution >= 4 is 29.1 Å². The molecule has 3 aromatic carbocycles. The van der Waals surface area contributed by atoms with E-state index in [1.807, 2.05) is 85.8 Å². The summed E-state index contributed by atoms with van der Waals surface area (Å²) < 4.78 is 18.4. The number of esters is 1. The van der Waals surface area contributed by atoms with E-state index in [-0.39, 0.29) is 12.2 Å². The van der Waals surface area contributed by atoms with Crippen molar-refractivity contribution in [3.8, 4) is 11.5 Å². The molecular formula is C31H28N2O5S. The average molecular weight is 541 g/mol. The molecule has 0 N–H and O–H groups in total. The van der Waals surface area contributed by atoms with Gasteiger partial charge in [-0.15, -0.1) is 0 Å². The van der Waals surface area contributed by atoms with Crippen molar-refractivity contribution in [2.75, 3.05) is 20.8 Å². The number of hydrogen-bond acceptors (Lipinski definition) is 7. The van der Waals surface area contributed by atoms with E-state index in [1.54, 1.807) is 25.7 Å². The summed E-state index contributed by atoms with van der Waals surface area (Å²) in [4.78, 5) is 32.8. The normalized spacial score (nSPS) is 15.0. The molecule has 5 rings (SSSR count). The first-order valence-corrected chi connectivity index (χ1v) is 13.3. The topological polar surface area (TPSA) is 79.1 Å². The molecule has 2 heterocycles. The van der Waals surface area contributed by atoms with Crippen LogP contribution in [0.25, 0.3) is 11.8 Å². The first-order chi connectivity index (χ1) is 18.9. The Bertz CT molecular complexity index is 1730. The SMILES string of the molecule is CCOC(=O)C1=C(c2ccccc2)N=c2s/c(=C\c3ccc(C)c(OC)c3)c(=O)n2[C@H]1c1ccc(OC)cc1. The molecule has 0 aliphatic carbocycles. The van der Waals surface area contributed by atoms with Crippen molar-refractivity contribution in [1.29, 1.82) is 0 Å². The first-order valence-electron chi connectivity index (χ1n) is 12.5. The second kappa shape index (κ2) is 11.1. The summed E-state index contributed by atoms with van der Waals surface area (Å²) in [6.07, 6.45) is 1.83. The quantitative estimate of drug-likeness (QED) is 0.328. The maximum atomic E-state index is 14.0. The Balaban J connectivity index is 1.80. The van der Waals surface area contributed by atoms with Crippen LogP contribution in [0.3, 0.4) is 0 Å². The number of carbonyl (C=O) groups is 1. The molecule has 1 aliphatic heterocycles. The predicted molar refractivity (Wildman–Crippen MR) is 152 cm³/mol. The minimum atomic E-state index is -0.740. The zero-order valence-electron chi connectivity index (χ0n) is 22.1. The summed E-state index contributed by atoms with van der Waals surface area (Å²) in [7, 11) is 3.21. The molecule has 0 radical (unpaired) electrons. The fourth-order valence-electron chi connectivity index (χ4n) is 4.62. The molecule has 0 bridgehead atoms. The summed E-state index contributed by atoms with van der Waals surface area (Å²) in [5.74, 6) is 0.895. The molecule has 198 valence electrons. The zero-order valence-corrected chi connectivity index (χ0v) is 23.0. The van der Waals surface area contributed by atoms with Gasteiger partial charge in [0.05, 0.1) is 42.7 Å². The highest BCUT2D eigenvalue weighted by molar-refractivity contribution is 7.07. The van der Waals surface area contributed by atoms with Gasteiger partial charge in [0.1, 0.15) is 11.5 Å². The number of thiazole rings is 1. The van der Waals surface area contributed by atoms with Crippen molar-refractivity contribution < 1.29 is 19.0 Å². The van der Waals surface area contributed by atoms with E-state index >= 15 is 0 Å². The highest BCUT2D eigenvalue weighted by Gasteiger charge is 2.35. The first kappa shape index (κ1) is 26.2. The van der Waals surface area contributed by atoms with Gasteiger partial charge in [-0.25, -0.2) is 9.79 Å². The van der Waals surface area contributed by atoms with Crippen LogP contribution in [0, 0.1) is 6.92 Å². The van der Waals surface area contributed by atoms with Gasteiger partial charge in [-0.1, -0.05) is 65.9 Å². The number of hydrogen-bond donors (Lipinski definition) is 0. The molecule has 0 saturated heterocycles. The second-order valence-corrected chi connectivity index (χ2v) is 9.94. The lowest BCUT2D eigenvalue weighted by molar-refractivity contribution is -0.138. The number of aryl methyl sites for hydroxylation is 1. The lowest BCUT2D eigenvalue weighted by Crippen LogP contribution is -2.40. The Hall–Kier alpha value is -4.43. The van der Waals surface area contributed by atoms with Gasteiger partial charge in [0.15, 0.2) is 4.80 Å². The minimum Gasteiger partial charge on any atom is -0.497 e. The Morgan fingerprint density at radius 2 is 1.77 bits per heavy atom. The summed E-state index contributed by atoms with van der Waals surface area (Å²) in [5.41, 5.74) is 3.89. The van der Waals surface area contributed by atoms with Gasteiger partial charge in [0.2, 0.25) is 0 Å². The van der Waals surface area contributed by atoms with Crippen molar-refractivity contribution in [3.63, 3.8) is 0 Å². The van der Waals surface area contributed by atoms with E-state index in [0.29, 0.717) is 26.4 Å². The van der Waals surface area contributed by atoms with Crippen LogP contribution in [-0.2, 0) is 9.53 Å². The van der Waals surface area contributed by atoms with Gasteiger partial charge >= 0.3 is 5.97 Å². The van der Waals surface area contributed by atoms with Gasteiger partial charge in [-0.05, 0) is 54.8 Å². The number of methoxy groups -OCH3 is 2. The van der Waals surface area contributed by atoms with Gasteiger partial charge in [-0.2, -0.15) is 0 Å². The third-order valence-electron chi connectivity index (χ3n) is 6.54. The Kier molecular flexibility index (Phi) is 7.47. The van der Waals surface area contributed by atoms with E-state index < -0.39 is 12.0 Å². The fraction of sp³-hybridized carbons (Fsp3) is 0.194. The Morgan fingerprint density at radius 3 is 2.44 bits per heavy atom. The van der Waals surface area contributed by atoms with E-state index in [2.05, 4.69) is 0 Å². The molecule has 0 spiro atoms. The highest BCUT2D eigenvalue weighted by atomic mass is 32.1. The molecule has 4 aromatic rings. The molecule has 8 heteroatoms. The third kappa shape index (κ3) is 5.03. The number of benzene rings is 3. The van der Waals surface area contributed by atoms with E-state index in [0.717, 1.165) is 28.0 Å². The predicted octanol–water partition coefficient (Wildman–Crippen LogP) is 4.26. The standard InChI is InChI=1S/C31H28N2O5S/c1-5-38-30(35)26-27(21-9-7-6-8-10-21)32-31-33(28(26)22-13-15-23(36-3)16-14-22)29(34)25(39-31)18-20-12-11-19(2)24(17-20)37-4/h6-18,28H,5H2,1-4H3/b25-18-/t28-/m0/s1. The molecule has 39 heavy (non-hydrogen) atoms. The lowest BCUT2D eigenvalue weighted by atomic mass is 9.93. The summed E-state index contributed by atoms with van der Waals surface area (Å²) >= 11 is 1.28. The van der Waals surface area contributed by atoms with Crippen molar-refractivity contribution in [2.24, 2.45) is 4.99 Å². The van der Waals surface area contributed by atoms with Crippen molar-refractivity contribution in [1.82, 2.24) is 4.57 Å². The average Bonchev–Trinajstić information content (AvgIpc) is 3.28. The van der Waals surface area contributed by atoms with E-state index in [9.17, 15) is 9.59 Å². The monoisotopic (exact) mass is 540 g/mol. The van der Waals surface area contributed by atoms with Gasteiger partial charge in [0.25, 0.3) is 5.56 Å². The number of rotatable bonds is 7. The van der Waals surface area contributed by atoms with Crippen LogP contribution in [0.4, 0.5) is 0 Å². The molecule has 0 unspecified atom stereocenters. The van der Waals surface area contributed by atoms with Crippen LogP contribution in [0.15, 0.2) is 88.2 Å². The molecular weight excluding hydrogens is 512 g/mol. The number of ether oxygens (including phenoxy) is 3. The molecule has 0 amide bonds. The summed E-state index contributed by atoms with van der Waals surface area (Å²) in [6, 6.07) is 21.9. The highest BCUT2D eigenvalue weighted by Crippen LogP contribution is 2.35. The smallest absolute Gasteiger partial charge is 0.338 e. The number of aromatic nitrogens is 1. The summed E-state index contributed by atoms with van der Waals surface area (Å²) in [5, 5.41) is 0. The van der Waals surface area contributed by atoms with Crippen LogP contribution in [0.5, 0.6) is 11.5 Å². The Morgan fingerprint density at radius 1 is 1.03 bits per heavy atom.